The minimum absolute atomic E-state index is 0.0574. The summed E-state index contributed by atoms with van der Waals surface area (Å²) in [4.78, 5) is 74.2. The molecular weight excluding hydrogens is 472 g/mol. The van der Waals surface area contributed by atoms with Gasteiger partial charge in [-0.15, -0.1) is 0 Å². The van der Waals surface area contributed by atoms with E-state index in [9.17, 15) is 39.4 Å². The van der Waals surface area contributed by atoms with E-state index in [1.807, 2.05) is 0 Å². The van der Waals surface area contributed by atoms with Gasteiger partial charge in [0.1, 0.15) is 11.1 Å². The van der Waals surface area contributed by atoms with Crippen LogP contribution < -0.4 is 0 Å². The predicted molar refractivity (Wildman–Crippen MR) is 121 cm³/mol. The smallest absolute Gasteiger partial charge is 0.270 e. The van der Waals surface area contributed by atoms with E-state index >= 15 is 0 Å². The SMILES string of the molecule is O=C1c2cccc([N+](=O)[O-])c2C(=O)N1Cc1cccc(CN2C(=O)c3cccc([N+](=O)[O-])c3C2=O)c1. The molecule has 0 saturated heterocycles. The maximum atomic E-state index is 12.8. The predicted octanol–water partition coefficient (Wildman–Crippen LogP) is 3.10. The Hall–Kier alpha value is -5.26. The highest BCUT2D eigenvalue weighted by atomic mass is 16.6. The van der Waals surface area contributed by atoms with Crippen LogP contribution in [-0.4, -0.2) is 43.3 Å². The molecule has 0 fully saturated rings. The summed E-state index contributed by atoms with van der Waals surface area (Å²) in [6.45, 7) is -0.379. The van der Waals surface area contributed by atoms with E-state index < -0.39 is 44.9 Å². The molecule has 2 aliphatic rings. The second-order valence-electron chi connectivity index (χ2n) is 8.13. The fourth-order valence-electron chi connectivity index (χ4n) is 4.41. The number of nitro groups is 2. The van der Waals surface area contributed by atoms with Gasteiger partial charge in [-0.3, -0.25) is 49.2 Å². The maximum absolute atomic E-state index is 12.8. The van der Waals surface area contributed by atoms with Crippen LogP contribution in [0.5, 0.6) is 0 Å². The second-order valence-corrected chi connectivity index (χ2v) is 8.13. The lowest BCUT2D eigenvalue weighted by Crippen LogP contribution is -2.30. The van der Waals surface area contributed by atoms with Gasteiger partial charge in [0.2, 0.25) is 0 Å². The van der Waals surface area contributed by atoms with Gasteiger partial charge in [-0.1, -0.05) is 36.4 Å². The van der Waals surface area contributed by atoms with Crippen molar-refractivity contribution in [3.63, 3.8) is 0 Å². The summed E-state index contributed by atoms with van der Waals surface area (Å²) in [5.74, 6) is -2.92. The Morgan fingerprint density at radius 1 is 0.583 bits per heavy atom. The lowest BCUT2D eigenvalue weighted by molar-refractivity contribution is -0.385. The molecule has 0 bridgehead atoms. The van der Waals surface area contributed by atoms with Crippen molar-refractivity contribution in [1.82, 2.24) is 9.80 Å². The molecule has 2 heterocycles. The molecule has 178 valence electrons. The molecule has 0 aliphatic carbocycles. The van der Waals surface area contributed by atoms with Crippen LogP contribution in [0.1, 0.15) is 52.6 Å². The van der Waals surface area contributed by atoms with E-state index in [1.165, 1.54) is 24.3 Å². The Kier molecular flexibility index (Phi) is 5.13. The summed E-state index contributed by atoms with van der Waals surface area (Å²) in [7, 11) is 0. The summed E-state index contributed by atoms with van der Waals surface area (Å²) < 4.78 is 0. The van der Waals surface area contributed by atoms with Crippen molar-refractivity contribution in [3.8, 4) is 0 Å². The van der Waals surface area contributed by atoms with Crippen molar-refractivity contribution in [2.75, 3.05) is 0 Å². The Morgan fingerprint density at radius 3 is 1.36 bits per heavy atom. The monoisotopic (exact) mass is 486 g/mol. The first-order chi connectivity index (χ1) is 17.2. The van der Waals surface area contributed by atoms with Crippen LogP contribution in [-0.2, 0) is 13.1 Å². The summed E-state index contributed by atoms with van der Waals surface area (Å²) in [6.07, 6.45) is 0. The van der Waals surface area contributed by atoms with Crippen LogP contribution in [0.3, 0.4) is 0 Å². The van der Waals surface area contributed by atoms with Gasteiger partial charge in [-0.05, 0) is 23.3 Å². The average Bonchev–Trinajstić information content (AvgIpc) is 3.24. The Balaban J connectivity index is 1.39. The number of benzene rings is 3. The van der Waals surface area contributed by atoms with Crippen LogP contribution >= 0.6 is 0 Å². The first-order valence-electron chi connectivity index (χ1n) is 10.5. The summed E-state index contributed by atoms with van der Waals surface area (Å²) in [5, 5.41) is 22.6. The summed E-state index contributed by atoms with van der Waals surface area (Å²) >= 11 is 0. The summed E-state index contributed by atoms with van der Waals surface area (Å²) in [6, 6.07) is 14.1. The minimum Gasteiger partial charge on any atom is -0.270 e. The number of nitrogens with zero attached hydrogens (tertiary/aromatic N) is 4. The number of carbonyl (C=O) groups is 4. The number of amides is 4. The van der Waals surface area contributed by atoms with Gasteiger partial charge >= 0.3 is 0 Å². The van der Waals surface area contributed by atoms with Gasteiger partial charge < -0.3 is 0 Å². The van der Waals surface area contributed by atoms with Crippen molar-refractivity contribution >= 4 is 35.0 Å². The highest BCUT2D eigenvalue weighted by molar-refractivity contribution is 6.23. The van der Waals surface area contributed by atoms with Gasteiger partial charge in [0.15, 0.2) is 0 Å². The minimum atomic E-state index is -0.791. The van der Waals surface area contributed by atoms with Crippen molar-refractivity contribution in [1.29, 1.82) is 0 Å². The third-order valence-corrected chi connectivity index (χ3v) is 6.02. The highest BCUT2D eigenvalue weighted by Gasteiger charge is 2.42. The number of carbonyl (C=O) groups excluding carboxylic acids is 4. The van der Waals surface area contributed by atoms with Crippen molar-refractivity contribution < 1.29 is 29.0 Å². The van der Waals surface area contributed by atoms with Crippen molar-refractivity contribution in [3.05, 3.63) is 114 Å². The standard InChI is InChI=1S/C24H14N4O8/c29-21-15-6-2-8-17(27(33)34)19(15)23(31)25(21)11-13-4-1-5-14(10-13)12-26-22(30)16-7-3-9-18(28(35)36)20(16)24(26)32/h1-10H,11-12H2. The molecule has 12 heteroatoms. The van der Waals surface area contributed by atoms with Crippen LogP contribution in [0.25, 0.3) is 0 Å². The maximum Gasteiger partial charge on any atom is 0.282 e. The van der Waals surface area contributed by atoms with Gasteiger partial charge in [-0.25, -0.2) is 0 Å². The number of rotatable bonds is 6. The van der Waals surface area contributed by atoms with Gasteiger partial charge in [0, 0.05) is 12.1 Å². The van der Waals surface area contributed by atoms with Crippen LogP contribution in [0.4, 0.5) is 11.4 Å². The first kappa shape index (κ1) is 22.5. The fourth-order valence-corrected chi connectivity index (χ4v) is 4.41. The van der Waals surface area contributed by atoms with Gasteiger partial charge in [-0.2, -0.15) is 0 Å². The molecule has 0 radical (unpaired) electrons. The molecule has 3 aromatic rings. The molecule has 0 saturated carbocycles. The van der Waals surface area contributed by atoms with E-state index in [2.05, 4.69) is 0 Å². The average molecular weight is 486 g/mol. The van der Waals surface area contributed by atoms with Gasteiger partial charge in [0.05, 0.1) is 34.1 Å². The molecule has 5 rings (SSSR count). The Morgan fingerprint density at radius 2 is 0.972 bits per heavy atom. The van der Waals surface area contributed by atoms with Crippen molar-refractivity contribution in [2.24, 2.45) is 0 Å². The number of nitro benzene ring substituents is 2. The van der Waals surface area contributed by atoms with E-state index in [0.29, 0.717) is 11.1 Å². The molecule has 2 aliphatic heterocycles. The quantitative estimate of drug-likeness (QED) is 0.292. The zero-order chi connectivity index (χ0) is 25.7. The molecule has 0 unspecified atom stereocenters. The topological polar surface area (TPSA) is 161 Å². The molecular formula is C24H14N4O8. The number of fused-ring (bicyclic) bond motifs is 2. The number of hydrogen-bond donors (Lipinski definition) is 0. The zero-order valence-electron chi connectivity index (χ0n) is 18.2. The molecule has 4 amide bonds. The second kappa shape index (κ2) is 8.20. The Labute approximate surface area is 201 Å². The lowest BCUT2D eigenvalue weighted by atomic mass is 10.1. The van der Waals surface area contributed by atoms with E-state index in [-0.39, 0.29) is 35.3 Å². The normalized spacial score (nSPS) is 14.3. The highest BCUT2D eigenvalue weighted by Crippen LogP contribution is 2.33. The number of imide groups is 2. The number of hydrogen-bond acceptors (Lipinski definition) is 8. The molecule has 0 spiro atoms. The van der Waals surface area contributed by atoms with E-state index in [4.69, 9.17) is 0 Å². The van der Waals surface area contributed by atoms with E-state index in [1.54, 1.807) is 24.3 Å². The molecule has 0 N–H and O–H groups in total. The Bertz CT molecular complexity index is 1440. The molecule has 0 atom stereocenters. The van der Waals surface area contributed by atoms with Crippen LogP contribution in [0.15, 0.2) is 60.7 Å². The summed E-state index contributed by atoms with van der Waals surface area (Å²) in [5.41, 5.74) is -0.605. The fraction of sp³-hybridized carbons (Fsp3) is 0.0833. The van der Waals surface area contributed by atoms with Crippen LogP contribution in [0.2, 0.25) is 0 Å². The first-order valence-corrected chi connectivity index (χ1v) is 10.5. The third kappa shape index (κ3) is 3.39. The lowest BCUT2D eigenvalue weighted by Gasteiger charge is -2.17. The molecule has 0 aromatic heterocycles. The zero-order valence-corrected chi connectivity index (χ0v) is 18.2. The van der Waals surface area contributed by atoms with Crippen molar-refractivity contribution in [2.45, 2.75) is 13.1 Å². The molecule has 3 aromatic carbocycles. The van der Waals surface area contributed by atoms with Gasteiger partial charge in [0.25, 0.3) is 35.0 Å². The largest absolute Gasteiger partial charge is 0.282 e. The van der Waals surface area contributed by atoms with E-state index in [0.717, 1.165) is 21.9 Å². The third-order valence-electron chi connectivity index (χ3n) is 6.02. The molecule has 12 nitrogen and oxygen atoms in total. The molecule has 36 heavy (non-hydrogen) atoms. The van der Waals surface area contributed by atoms with Crippen LogP contribution in [0, 0.1) is 20.2 Å².